The molecule has 2 atom stereocenters. The highest BCUT2D eigenvalue weighted by molar-refractivity contribution is 5.65. The number of methoxy groups -OCH3 is 1. The Morgan fingerprint density at radius 2 is 1.95 bits per heavy atom. The molecule has 0 aliphatic rings. The van der Waals surface area contributed by atoms with Crippen LogP contribution in [0.25, 0.3) is 0 Å². The first-order valence-corrected chi connectivity index (χ1v) is 7.10. The van der Waals surface area contributed by atoms with Gasteiger partial charge in [-0.2, -0.15) is 0 Å². The van der Waals surface area contributed by atoms with Gasteiger partial charge < -0.3 is 14.8 Å². The van der Waals surface area contributed by atoms with Crippen LogP contribution in [0.1, 0.15) is 38.3 Å². The maximum absolute atomic E-state index is 11.0. The van der Waals surface area contributed by atoms with Gasteiger partial charge in [-0.3, -0.25) is 4.79 Å². The number of hydrogen-bond acceptors (Lipinski definition) is 4. The zero-order valence-corrected chi connectivity index (χ0v) is 12.6. The van der Waals surface area contributed by atoms with Crippen LogP contribution in [0.3, 0.4) is 0 Å². The molecule has 0 aromatic heterocycles. The molecule has 0 unspecified atom stereocenters. The van der Waals surface area contributed by atoms with Gasteiger partial charge in [-0.1, -0.05) is 43.7 Å². The molecule has 0 fully saturated rings. The van der Waals surface area contributed by atoms with Crippen LogP contribution in [0.15, 0.2) is 30.3 Å². The summed E-state index contributed by atoms with van der Waals surface area (Å²) in [5.74, 6) is -0.240. The third-order valence-electron chi connectivity index (χ3n) is 3.10. The molecule has 0 saturated heterocycles. The topological polar surface area (TPSA) is 47.6 Å². The van der Waals surface area contributed by atoms with E-state index in [1.54, 1.807) is 7.11 Å². The smallest absolute Gasteiger partial charge is 0.302 e. The van der Waals surface area contributed by atoms with Crippen LogP contribution in [0.4, 0.5) is 0 Å². The molecule has 0 heterocycles. The number of hydrogen-bond donors (Lipinski definition) is 1. The van der Waals surface area contributed by atoms with Crippen LogP contribution in [0.5, 0.6) is 0 Å². The number of carbonyl (C=O) groups excluding carboxylic acids is 1. The Morgan fingerprint density at radius 3 is 2.50 bits per heavy atom. The fourth-order valence-corrected chi connectivity index (χ4v) is 2.16. The monoisotopic (exact) mass is 279 g/mol. The van der Waals surface area contributed by atoms with Gasteiger partial charge in [0.15, 0.2) is 0 Å². The average Bonchev–Trinajstić information content (AvgIpc) is 2.45. The van der Waals surface area contributed by atoms with Gasteiger partial charge in [0.05, 0.1) is 12.6 Å². The van der Waals surface area contributed by atoms with E-state index >= 15 is 0 Å². The van der Waals surface area contributed by atoms with Crippen molar-refractivity contribution in [3.05, 3.63) is 35.9 Å². The molecule has 0 amide bonds. The molecule has 112 valence electrons. The van der Waals surface area contributed by atoms with E-state index in [0.29, 0.717) is 13.2 Å². The van der Waals surface area contributed by atoms with Crippen LogP contribution in [0, 0.1) is 0 Å². The molecule has 0 spiro atoms. The van der Waals surface area contributed by atoms with Crippen molar-refractivity contribution in [2.45, 2.75) is 38.8 Å². The normalized spacial score (nSPS) is 13.8. The molecule has 1 rings (SSSR count). The van der Waals surface area contributed by atoms with Crippen molar-refractivity contribution in [2.24, 2.45) is 0 Å². The highest BCUT2D eigenvalue weighted by Crippen LogP contribution is 2.15. The number of nitrogens with one attached hydrogen (secondary N) is 1. The Labute approximate surface area is 121 Å². The van der Waals surface area contributed by atoms with E-state index in [9.17, 15) is 4.79 Å². The molecule has 0 saturated carbocycles. The van der Waals surface area contributed by atoms with Gasteiger partial charge in [-0.05, 0) is 12.0 Å². The fourth-order valence-electron chi connectivity index (χ4n) is 2.16. The molecule has 1 aromatic carbocycles. The van der Waals surface area contributed by atoms with Crippen LogP contribution < -0.4 is 5.32 Å². The minimum Gasteiger partial charge on any atom is -0.464 e. The Hall–Kier alpha value is -1.39. The maximum Gasteiger partial charge on any atom is 0.302 e. The minimum absolute atomic E-state index is 0.105. The van der Waals surface area contributed by atoms with Crippen LogP contribution >= 0.6 is 0 Å². The lowest BCUT2D eigenvalue weighted by molar-refractivity contribution is -0.141. The first kappa shape index (κ1) is 16.7. The van der Waals surface area contributed by atoms with Crippen LogP contribution in [-0.4, -0.2) is 32.3 Å². The maximum atomic E-state index is 11.0. The highest BCUT2D eigenvalue weighted by Gasteiger charge is 2.17. The molecular weight excluding hydrogens is 254 g/mol. The minimum atomic E-state index is -0.240. The molecule has 1 aromatic rings. The van der Waals surface area contributed by atoms with Crippen LogP contribution in [0.2, 0.25) is 0 Å². The fraction of sp³-hybridized carbons (Fsp3) is 0.562. The summed E-state index contributed by atoms with van der Waals surface area (Å²) in [6, 6.07) is 10.4. The van der Waals surface area contributed by atoms with Gasteiger partial charge >= 0.3 is 5.97 Å². The average molecular weight is 279 g/mol. The lowest BCUT2D eigenvalue weighted by atomic mass is 10.1. The van der Waals surface area contributed by atoms with E-state index in [2.05, 4.69) is 24.4 Å². The summed E-state index contributed by atoms with van der Waals surface area (Å²) < 4.78 is 10.4. The molecular formula is C16H25NO3. The van der Waals surface area contributed by atoms with Gasteiger partial charge in [0.25, 0.3) is 0 Å². The number of esters is 1. The first-order valence-electron chi connectivity index (χ1n) is 7.10. The molecule has 0 aliphatic heterocycles. The predicted octanol–water partition coefficient (Wildman–Crippen LogP) is 2.70. The van der Waals surface area contributed by atoms with Gasteiger partial charge in [-0.25, -0.2) is 0 Å². The van der Waals surface area contributed by atoms with Gasteiger partial charge in [0, 0.05) is 20.1 Å². The lowest BCUT2D eigenvalue weighted by Gasteiger charge is -2.25. The van der Waals surface area contributed by atoms with Crippen molar-refractivity contribution < 1.29 is 14.3 Å². The second kappa shape index (κ2) is 9.50. The van der Waals surface area contributed by atoms with E-state index in [1.165, 1.54) is 12.5 Å². The number of ether oxygens (including phenoxy) is 2. The Bertz CT molecular complexity index is 381. The SMILES string of the molecule is CCC[C@@H](COC(C)=O)N[C@@H](COC)c1ccccc1. The zero-order chi connectivity index (χ0) is 14.8. The van der Waals surface area contributed by atoms with Crippen molar-refractivity contribution in [3.63, 3.8) is 0 Å². The summed E-state index contributed by atoms with van der Waals surface area (Å²) >= 11 is 0. The number of rotatable bonds is 9. The van der Waals surface area contributed by atoms with E-state index < -0.39 is 0 Å². The van der Waals surface area contributed by atoms with Crippen molar-refractivity contribution >= 4 is 5.97 Å². The van der Waals surface area contributed by atoms with Crippen molar-refractivity contribution in [2.75, 3.05) is 20.3 Å². The third-order valence-corrected chi connectivity index (χ3v) is 3.10. The third kappa shape index (κ3) is 6.17. The first-order chi connectivity index (χ1) is 9.67. The Kier molecular flexibility index (Phi) is 7.92. The number of benzene rings is 1. The van der Waals surface area contributed by atoms with Crippen molar-refractivity contribution in [1.82, 2.24) is 5.32 Å². The zero-order valence-electron chi connectivity index (χ0n) is 12.6. The standard InChI is InChI=1S/C16H25NO3/c1-4-8-15(11-20-13(2)18)17-16(12-19-3)14-9-6-5-7-10-14/h5-7,9-10,15-17H,4,8,11-12H2,1-3H3/t15-,16-/m0/s1. The molecule has 0 radical (unpaired) electrons. The van der Waals surface area contributed by atoms with Crippen molar-refractivity contribution in [3.8, 4) is 0 Å². The van der Waals surface area contributed by atoms with E-state index in [4.69, 9.17) is 9.47 Å². The summed E-state index contributed by atoms with van der Waals surface area (Å²) in [5.41, 5.74) is 1.18. The largest absolute Gasteiger partial charge is 0.464 e. The summed E-state index contributed by atoms with van der Waals surface area (Å²) in [6.45, 7) is 4.55. The molecule has 4 heteroatoms. The second-order valence-corrected chi connectivity index (χ2v) is 4.87. The van der Waals surface area contributed by atoms with Crippen LogP contribution in [-0.2, 0) is 14.3 Å². The Balaban J connectivity index is 2.67. The number of carbonyl (C=O) groups is 1. The Morgan fingerprint density at radius 1 is 1.25 bits per heavy atom. The summed E-state index contributed by atoms with van der Waals surface area (Å²) in [4.78, 5) is 11.0. The molecule has 0 aliphatic carbocycles. The predicted molar refractivity (Wildman–Crippen MR) is 79.5 cm³/mol. The summed E-state index contributed by atoms with van der Waals surface area (Å²) in [5, 5.41) is 3.53. The second-order valence-electron chi connectivity index (χ2n) is 4.87. The molecule has 1 N–H and O–H groups in total. The van der Waals surface area contributed by atoms with Crippen molar-refractivity contribution in [1.29, 1.82) is 0 Å². The van der Waals surface area contributed by atoms with E-state index in [0.717, 1.165) is 12.8 Å². The summed E-state index contributed by atoms with van der Waals surface area (Å²) in [6.07, 6.45) is 1.99. The van der Waals surface area contributed by atoms with E-state index in [1.807, 2.05) is 18.2 Å². The highest BCUT2D eigenvalue weighted by atomic mass is 16.5. The van der Waals surface area contributed by atoms with Gasteiger partial charge in [0.2, 0.25) is 0 Å². The summed E-state index contributed by atoms with van der Waals surface area (Å²) in [7, 11) is 1.69. The van der Waals surface area contributed by atoms with Gasteiger partial charge in [-0.15, -0.1) is 0 Å². The lowest BCUT2D eigenvalue weighted by Crippen LogP contribution is -2.38. The van der Waals surface area contributed by atoms with E-state index in [-0.39, 0.29) is 18.1 Å². The van der Waals surface area contributed by atoms with Gasteiger partial charge in [0.1, 0.15) is 6.61 Å². The molecule has 4 nitrogen and oxygen atoms in total. The molecule has 0 bridgehead atoms. The quantitative estimate of drug-likeness (QED) is 0.706. The molecule has 20 heavy (non-hydrogen) atoms.